The van der Waals surface area contributed by atoms with Gasteiger partial charge in [0.25, 0.3) is 11.8 Å². The van der Waals surface area contributed by atoms with Crippen LogP contribution in [0.5, 0.6) is 0 Å². The highest BCUT2D eigenvalue weighted by molar-refractivity contribution is 9.10. The number of rotatable bonds is 5. The number of carbonyl (C=O) groups excluding carboxylic acids is 2. The van der Waals surface area contributed by atoms with E-state index in [0.717, 1.165) is 9.37 Å². The molecule has 5 nitrogen and oxygen atoms in total. The molecule has 1 N–H and O–H groups in total. The minimum atomic E-state index is -0.458. The maximum atomic E-state index is 13.4. The van der Waals surface area contributed by atoms with Crippen LogP contribution in [0.15, 0.2) is 83.1 Å². The highest BCUT2D eigenvalue weighted by Crippen LogP contribution is 2.32. The summed E-state index contributed by atoms with van der Waals surface area (Å²) in [4.78, 5) is 31.6. The van der Waals surface area contributed by atoms with E-state index < -0.39 is 17.6 Å². The van der Waals surface area contributed by atoms with Crippen molar-refractivity contribution in [3.05, 3.63) is 100 Å². The molecule has 0 saturated heterocycles. The predicted octanol–water partition coefficient (Wildman–Crippen LogP) is 4.38. The Labute approximate surface area is 175 Å². The van der Waals surface area contributed by atoms with E-state index in [1.807, 2.05) is 12.1 Å². The minimum Gasteiger partial charge on any atom is -0.350 e. The maximum absolute atomic E-state index is 13.4. The Morgan fingerprint density at radius 3 is 2.45 bits per heavy atom. The third kappa shape index (κ3) is 3.95. The Morgan fingerprint density at radius 1 is 0.966 bits per heavy atom. The van der Waals surface area contributed by atoms with Gasteiger partial charge in [0.15, 0.2) is 0 Å². The summed E-state index contributed by atoms with van der Waals surface area (Å²) in [6, 6.07) is 18.1. The fourth-order valence-corrected chi connectivity index (χ4v) is 3.48. The lowest BCUT2D eigenvalue weighted by Gasteiger charge is -2.14. The van der Waals surface area contributed by atoms with Gasteiger partial charge in [0, 0.05) is 16.4 Å². The minimum absolute atomic E-state index is 0.0485. The van der Waals surface area contributed by atoms with E-state index in [-0.39, 0.29) is 17.8 Å². The summed E-state index contributed by atoms with van der Waals surface area (Å²) >= 11 is 3.39. The zero-order valence-electron chi connectivity index (χ0n) is 15.1. The second-order valence-electron chi connectivity index (χ2n) is 6.41. The lowest BCUT2D eigenvalue weighted by atomic mass is 10.0. The second-order valence-corrected chi connectivity index (χ2v) is 7.33. The lowest BCUT2D eigenvalue weighted by Crippen LogP contribution is -2.32. The van der Waals surface area contributed by atoms with Crippen LogP contribution in [0, 0.1) is 5.82 Å². The van der Waals surface area contributed by atoms with Gasteiger partial charge in [0.1, 0.15) is 11.5 Å². The molecule has 0 bridgehead atoms. The van der Waals surface area contributed by atoms with Crippen molar-refractivity contribution in [2.45, 2.75) is 6.54 Å². The average Bonchev–Trinajstić information content (AvgIpc) is 2.94. The van der Waals surface area contributed by atoms with Crippen LogP contribution in [0.4, 0.5) is 10.1 Å². The highest BCUT2D eigenvalue weighted by atomic mass is 79.9. The Hall–Kier alpha value is -3.32. The van der Waals surface area contributed by atoms with Gasteiger partial charge in [-0.25, -0.2) is 4.39 Å². The van der Waals surface area contributed by atoms with E-state index in [0.29, 0.717) is 16.9 Å². The first-order chi connectivity index (χ1) is 14.0. The van der Waals surface area contributed by atoms with E-state index in [4.69, 9.17) is 0 Å². The standard InChI is InChI=1S/C22H15BrFN3O2/c23-15-4-3-6-17(12-15)26-20-19(14-7-9-16(24)10-8-14)21(28)27(22(20)29)13-18-5-1-2-11-25-18/h1-12,26H,13H2. The third-order valence-corrected chi connectivity index (χ3v) is 4.93. The van der Waals surface area contributed by atoms with Crippen molar-refractivity contribution in [1.29, 1.82) is 0 Å². The normalized spacial score (nSPS) is 13.9. The van der Waals surface area contributed by atoms with Crippen molar-refractivity contribution >= 4 is 39.0 Å². The monoisotopic (exact) mass is 451 g/mol. The number of anilines is 1. The number of nitrogens with one attached hydrogen (secondary N) is 1. The Kier molecular flexibility index (Phi) is 5.22. The van der Waals surface area contributed by atoms with E-state index in [1.165, 1.54) is 24.3 Å². The molecule has 0 aliphatic carbocycles. The van der Waals surface area contributed by atoms with Gasteiger partial charge in [0.2, 0.25) is 0 Å². The summed E-state index contributed by atoms with van der Waals surface area (Å²) < 4.78 is 14.2. The number of nitrogens with zero attached hydrogens (tertiary/aromatic N) is 2. The molecule has 2 aromatic carbocycles. The van der Waals surface area contributed by atoms with Crippen molar-refractivity contribution < 1.29 is 14.0 Å². The maximum Gasteiger partial charge on any atom is 0.278 e. The molecule has 29 heavy (non-hydrogen) atoms. The molecule has 3 aromatic rings. The molecule has 1 aromatic heterocycles. The number of aromatic nitrogens is 1. The van der Waals surface area contributed by atoms with E-state index in [2.05, 4.69) is 26.2 Å². The van der Waals surface area contributed by atoms with Gasteiger partial charge in [-0.05, 0) is 48.0 Å². The number of imide groups is 1. The summed E-state index contributed by atoms with van der Waals surface area (Å²) in [6.07, 6.45) is 1.61. The SMILES string of the molecule is O=C1C(Nc2cccc(Br)c2)=C(c2ccc(F)cc2)C(=O)N1Cc1ccccn1. The average molecular weight is 452 g/mol. The molecule has 2 heterocycles. The summed E-state index contributed by atoms with van der Waals surface area (Å²) in [5, 5.41) is 3.06. The summed E-state index contributed by atoms with van der Waals surface area (Å²) in [7, 11) is 0. The van der Waals surface area contributed by atoms with Crippen LogP contribution in [0.1, 0.15) is 11.3 Å². The number of carbonyl (C=O) groups is 2. The largest absolute Gasteiger partial charge is 0.350 e. The number of pyridine rings is 1. The first-order valence-corrected chi connectivity index (χ1v) is 9.61. The van der Waals surface area contributed by atoms with Crippen molar-refractivity contribution in [2.24, 2.45) is 0 Å². The molecule has 7 heteroatoms. The number of hydrogen-bond donors (Lipinski definition) is 1. The molecule has 0 atom stereocenters. The van der Waals surface area contributed by atoms with Gasteiger partial charge in [-0.15, -0.1) is 0 Å². The van der Waals surface area contributed by atoms with Gasteiger partial charge in [-0.1, -0.05) is 40.2 Å². The summed E-state index contributed by atoms with van der Waals surface area (Å²) in [6.45, 7) is 0.0485. The van der Waals surface area contributed by atoms with Crippen molar-refractivity contribution in [1.82, 2.24) is 9.88 Å². The van der Waals surface area contributed by atoms with Crippen LogP contribution >= 0.6 is 15.9 Å². The van der Waals surface area contributed by atoms with Crippen LogP contribution < -0.4 is 5.32 Å². The Balaban J connectivity index is 1.75. The van der Waals surface area contributed by atoms with Crippen LogP contribution in [0.25, 0.3) is 5.57 Å². The van der Waals surface area contributed by atoms with Crippen LogP contribution in [-0.4, -0.2) is 21.7 Å². The molecule has 1 aliphatic rings. The van der Waals surface area contributed by atoms with E-state index in [1.54, 1.807) is 36.5 Å². The molecule has 0 spiro atoms. The molecule has 0 radical (unpaired) electrons. The van der Waals surface area contributed by atoms with E-state index >= 15 is 0 Å². The van der Waals surface area contributed by atoms with Gasteiger partial charge in [0.05, 0.1) is 17.8 Å². The number of benzene rings is 2. The zero-order chi connectivity index (χ0) is 20.4. The molecule has 1 aliphatic heterocycles. The smallest absolute Gasteiger partial charge is 0.278 e. The molecular formula is C22H15BrFN3O2. The quantitative estimate of drug-likeness (QED) is 0.584. The molecule has 0 fully saturated rings. The topological polar surface area (TPSA) is 62.3 Å². The van der Waals surface area contributed by atoms with E-state index in [9.17, 15) is 14.0 Å². The summed E-state index contributed by atoms with van der Waals surface area (Å²) in [5.41, 5.74) is 2.05. The number of halogens is 2. The first-order valence-electron chi connectivity index (χ1n) is 8.82. The third-order valence-electron chi connectivity index (χ3n) is 4.44. The van der Waals surface area contributed by atoms with Crippen molar-refractivity contribution in [3.63, 3.8) is 0 Å². The van der Waals surface area contributed by atoms with Crippen LogP contribution in [0.3, 0.4) is 0 Å². The van der Waals surface area contributed by atoms with Crippen molar-refractivity contribution in [3.8, 4) is 0 Å². The Bertz CT molecular complexity index is 1110. The predicted molar refractivity (Wildman–Crippen MR) is 111 cm³/mol. The fourth-order valence-electron chi connectivity index (χ4n) is 3.08. The van der Waals surface area contributed by atoms with Gasteiger partial charge >= 0.3 is 0 Å². The molecule has 0 saturated carbocycles. The van der Waals surface area contributed by atoms with Crippen LogP contribution in [-0.2, 0) is 16.1 Å². The fraction of sp³-hybridized carbons (Fsp3) is 0.0455. The molecule has 2 amide bonds. The molecular weight excluding hydrogens is 437 g/mol. The highest BCUT2D eigenvalue weighted by Gasteiger charge is 2.39. The van der Waals surface area contributed by atoms with Gasteiger partial charge in [-0.2, -0.15) is 0 Å². The number of amides is 2. The van der Waals surface area contributed by atoms with Gasteiger partial charge in [-0.3, -0.25) is 19.5 Å². The van der Waals surface area contributed by atoms with Gasteiger partial charge < -0.3 is 5.32 Å². The number of hydrogen-bond acceptors (Lipinski definition) is 4. The first kappa shape index (κ1) is 19.0. The van der Waals surface area contributed by atoms with Crippen molar-refractivity contribution in [2.75, 3.05) is 5.32 Å². The molecule has 4 rings (SSSR count). The Morgan fingerprint density at radius 2 is 1.76 bits per heavy atom. The second kappa shape index (κ2) is 7.97. The lowest BCUT2D eigenvalue weighted by molar-refractivity contribution is -0.137. The summed E-state index contributed by atoms with van der Waals surface area (Å²) in [5.74, 6) is -1.33. The van der Waals surface area contributed by atoms with Crippen LogP contribution in [0.2, 0.25) is 0 Å². The zero-order valence-corrected chi connectivity index (χ0v) is 16.7. The molecule has 0 unspecified atom stereocenters. The molecule has 144 valence electrons.